The number of allylic oxidation sites excluding steroid dienone is 1. The number of hydrogen-bond donors (Lipinski definition) is 2. The first-order valence-corrected chi connectivity index (χ1v) is 14.1. The number of rotatable bonds is 12. The van der Waals surface area contributed by atoms with Gasteiger partial charge in [0, 0.05) is 31.5 Å². The van der Waals surface area contributed by atoms with Crippen molar-refractivity contribution in [1.82, 2.24) is 9.62 Å². The Hall–Kier alpha value is -2.99. The second kappa shape index (κ2) is 12.7. The van der Waals surface area contributed by atoms with E-state index in [0.29, 0.717) is 12.2 Å². The maximum absolute atomic E-state index is 13.5. The third-order valence-electron chi connectivity index (χ3n) is 6.71. The van der Waals surface area contributed by atoms with Gasteiger partial charge in [0.2, 0.25) is 16.3 Å². The van der Waals surface area contributed by atoms with Crippen LogP contribution in [0.5, 0.6) is 5.75 Å². The number of nitrogens with zero attached hydrogens (tertiary/aromatic N) is 1. The third kappa shape index (κ3) is 6.90. The van der Waals surface area contributed by atoms with Crippen LogP contribution in [0.3, 0.4) is 0 Å². The van der Waals surface area contributed by atoms with Crippen molar-refractivity contribution in [3.8, 4) is 5.75 Å². The summed E-state index contributed by atoms with van der Waals surface area (Å²) in [4.78, 5) is 12.9. The summed E-state index contributed by atoms with van der Waals surface area (Å²) in [6, 6.07) is 12.1. The van der Waals surface area contributed by atoms with E-state index < -0.39 is 16.3 Å². The summed E-state index contributed by atoms with van der Waals surface area (Å²) in [5.41, 5.74) is 0.807. The maximum Gasteiger partial charge on any atom is 0.286 e. The molecule has 0 bridgehead atoms. The van der Waals surface area contributed by atoms with Crippen molar-refractivity contribution >= 4 is 15.9 Å². The fraction of sp³-hybridized carbons (Fsp3) is 0.444. The first kappa shape index (κ1) is 28.0. The fourth-order valence-electron chi connectivity index (χ4n) is 4.32. The lowest BCUT2D eigenvalue weighted by Crippen LogP contribution is -2.42. The Morgan fingerprint density at radius 2 is 1.84 bits per heavy atom. The van der Waals surface area contributed by atoms with Gasteiger partial charge in [0.25, 0.3) is 5.91 Å². The Morgan fingerprint density at radius 3 is 2.45 bits per heavy atom. The topological polar surface area (TPSA) is 114 Å². The monoisotopic (exact) mass is 548 g/mol. The van der Waals surface area contributed by atoms with Crippen molar-refractivity contribution in [1.29, 1.82) is 0 Å². The van der Waals surface area contributed by atoms with E-state index in [9.17, 15) is 22.7 Å². The van der Waals surface area contributed by atoms with Crippen LogP contribution in [-0.2, 0) is 24.3 Å². The summed E-state index contributed by atoms with van der Waals surface area (Å²) in [6.07, 6.45) is 4.16. The van der Waals surface area contributed by atoms with Gasteiger partial charge in [-0.25, -0.2) is 12.8 Å². The molecule has 2 N–H and O–H groups in total. The van der Waals surface area contributed by atoms with E-state index in [1.165, 1.54) is 31.4 Å². The molecule has 0 aromatic heterocycles. The zero-order valence-corrected chi connectivity index (χ0v) is 22.0. The Morgan fingerprint density at radius 1 is 1.13 bits per heavy atom. The summed E-state index contributed by atoms with van der Waals surface area (Å²) in [5.74, 6) is -0.299. The molecule has 9 nitrogen and oxygen atoms in total. The van der Waals surface area contributed by atoms with Crippen LogP contribution in [0.4, 0.5) is 4.39 Å². The van der Waals surface area contributed by atoms with Gasteiger partial charge in [-0.3, -0.25) is 4.79 Å². The highest BCUT2D eigenvalue weighted by atomic mass is 32.2. The van der Waals surface area contributed by atoms with Gasteiger partial charge in [-0.1, -0.05) is 12.1 Å². The van der Waals surface area contributed by atoms with E-state index >= 15 is 0 Å². The number of halogens is 1. The molecule has 1 aliphatic heterocycles. The standard InChI is InChI=1S/C27H33FN2O7S/c1-35-23-9-11-24(12-10-23)38(33,34)30(13-15-31)14-16-36-26-18-20(19-5-7-21(28)8-6-19)17-25(37-26)27(32)29-22-3-2-4-22/h5-12,17,20,22,26,31H,2-4,13-16,18H2,1H3,(H,29,32)/t20-,26+/m1/s1. The number of carbonyl (C=O) groups is 1. The highest BCUT2D eigenvalue weighted by molar-refractivity contribution is 7.89. The molecule has 38 heavy (non-hydrogen) atoms. The molecule has 11 heteroatoms. The minimum absolute atomic E-state index is 0.0340. The van der Waals surface area contributed by atoms with Crippen molar-refractivity contribution in [2.45, 2.75) is 48.8 Å². The number of nitrogens with one attached hydrogen (secondary N) is 1. The van der Waals surface area contributed by atoms with Crippen LogP contribution >= 0.6 is 0 Å². The molecule has 2 aromatic carbocycles. The van der Waals surface area contributed by atoms with Gasteiger partial charge in [0.15, 0.2) is 5.76 Å². The van der Waals surface area contributed by atoms with Crippen LogP contribution in [0.25, 0.3) is 0 Å². The molecule has 1 fully saturated rings. The predicted molar refractivity (Wildman–Crippen MR) is 137 cm³/mol. The number of carbonyl (C=O) groups excluding carboxylic acids is 1. The molecule has 0 saturated heterocycles. The van der Waals surface area contributed by atoms with Gasteiger partial charge >= 0.3 is 0 Å². The second-order valence-electron chi connectivity index (χ2n) is 9.25. The van der Waals surface area contributed by atoms with Crippen molar-refractivity contribution in [3.05, 3.63) is 71.7 Å². The zero-order valence-electron chi connectivity index (χ0n) is 21.2. The third-order valence-corrected chi connectivity index (χ3v) is 8.62. The number of sulfonamides is 1. The van der Waals surface area contributed by atoms with Crippen molar-refractivity contribution in [2.75, 3.05) is 33.4 Å². The molecule has 206 valence electrons. The maximum atomic E-state index is 13.5. The summed E-state index contributed by atoms with van der Waals surface area (Å²) >= 11 is 0. The fourth-order valence-corrected chi connectivity index (χ4v) is 5.73. The van der Waals surface area contributed by atoms with E-state index in [4.69, 9.17) is 14.2 Å². The molecule has 0 spiro atoms. The summed E-state index contributed by atoms with van der Waals surface area (Å²) in [5, 5.41) is 12.4. The molecule has 2 aromatic rings. The van der Waals surface area contributed by atoms with Crippen LogP contribution in [-0.4, -0.2) is 69.5 Å². The van der Waals surface area contributed by atoms with Crippen molar-refractivity contribution in [3.63, 3.8) is 0 Å². The normalized spacial score (nSPS) is 19.8. The number of amides is 1. The number of aliphatic hydroxyl groups excluding tert-OH is 1. The first-order valence-electron chi connectivity index (χ1n) is 12.6. The molecule has 2 atom stereocenters. The van der Waals surface area contributed by atoms with Crippen LogP contribution < -0.4 is 10.1 Å². The number of methoxy groups -OCH3 is 1. The van der Waals surface area contributed by atoms with Gasteiger partial charge in [-0.15, -0.1) is 0 Å². The molecule has 1 amide bonds. The molecule has 1 saturated carbocycles. The molecule has 0 unspecified atom stereocenters. The SMILES string of the molecule is COc1ccc(S(=O)(=O)N(CCO)CCO[C@@H]2C[C@H](c3ccc(F)cc3)C=C(C(=O)NC3CCC3)O2)cc1. The van der Waals surface area contributed by atoms with Crippen LogP contribution in [0.2, 0.25) is 0 Å². The molecular weight excluding hydrogens is 515 g/mol. The lowest BCUT2D eigenvalue weighted by atomic mass is 9.91. The van der Waals surface area contributed by atoms with Gasteiger partial charge in [0.05, 0.1) is 25.2 Å². The quantitative estimate of drug-likeness (QED) is 0.419. The Labute approximate surface area is 222 Å². The smallest absolute Gasteiger partial charge is 0.286 e. The molecule has 2 aliphatic rings. The highest BCUT2D eigenvalue weighted by Gasteiger charge is 2.31. The lowest BCUT2D eigenvalue weighted by Gasteiger charge is -2.32. The van der Waals surface area contributed by atoms with Gasteiger partial charge in [-0.05, 0) is 67.3 Å². The summed E-state index contributed by atoms with van der Waals surface area (Å²) in [6.45, 7) is -0.552. The Balaban J connectivity index is 1.43. The van der Waals surface area contributed by atoms with Gasteiger partial charge < -0.3 is 24.6 Å². The minimum atomic E-state index is -3.90. The van der Waals surface area contributed by atoms with Crippen LogP contribution in [0.15, 0.2) is 65.3 Å². The van der Waals surface area contributed by atoms with Crippen LogP contribution in [0.1, 0.15) is 37.2 Å². The predicted octanol–water partition coefficient (Wildman–Crippen LogP) is 2.92. The largest absolute Gasteiger partial charge is 0.497 e. The van der Waals surface area contributed by atoms with Gasteiger partial charge in [-0.2, -0.15) is 4.31 Å². The summed E-state index contributed by atoms with van der Waals surface area (Å²) in [7, 11) is -2.41. The molecule has 4 rings (SSSR count). The minimum Gasteiger partial charge on any atom is -0.497 e. The van der Waals surface area contributed by atoms with E-state index in [0.717, 1.165) is 29.1 Å². The highest BCUT2D eigenvalue weighted by Crippen LogP contribution is 2.32. The molecular formula is C27H33FN2O7S. The van der Waals surface area contributed by atoms with E-state index in [1.807, 2.05) is 0 Å². The summed E-state index contributed by atoms with van der Waals surface area (Å²) < 4.78 is 57.7. The van der Waals surface area contributed by atoms with Crippen molar-refractivity contribution < 1.29 is 36.9 Å². The lowest BCUT2D eigenvalue weighted by molar-refractivity contribution is -0.147. The number of ether oxygens (including phenoxy) is 3. The van der Waals surface area contributed by atoms with E-state index in [2.05, 4.69) is 5.32 Å². The van der Waals surface area contributed by atoms with Crippen LogP contribution in [0, 0.1) is 5.82 Å². The number of hydrogen-bond acceptors (Lipinski definition) is 7. The van der Waals surface area contributed by atoms with E-state index in [-0.39, 0.29) is 60.6 Å². The Bertz CT molecular complexity index is 1210. The first-order chi connectivity index (χ1) is 18.3. The zero-order chi connectivity index (χ0) is 27.1. The molecule has 0 radical (unpaired) electrons. The molecule has 1 heterocycles. The van der Waals surface area contributed by atoms with E-state index in [1.54, 1.807) is 30.3 Å². The second-order valence-corrected chi connectivity index (χ2v) is 11.2. The Kier molecular flexibility index (Phi) is 9.37. The van der Waals surface area contributed by atoms with Gasteiger partial charge in [0.1, 0.15) is 11.6 Å². The number of benzene rings is 2. The van der Waals surface area contributed by atoms with Crippen molar-refractivity contribution in [2.24, 2.45) is 0 Å². The number of aliphatic hydroxyl groups is 1. The average molecular weight is 549 g/mol. The molecule has 1 aliphatic carbocycles. The average Bonchev–Trinajstić information content (AvgIpc) is 2.90.